The minimum atomic E-state index is -0.111. The maximum Gasteiger partial charge on any atom is 0.251 e. The number of nitrogens with two attached hydrogens (primary N) is 1. The van der Waals surface area contributed by atoms with Crippen LogP contribution in [0.3, 0.4) is 0 Å². The molecule has 108 valence electrons. The summed E-state index contributed by atoms with van der Waals surface area (Å²) < 4.78 is 4.67. The van der Waals surface area contributed by atoms with Gasteiger partial charge in [-0.05, 0) is 25.5 Å². The first kappa shape index (κ1) is 16.1. The molecule has 0 saturated carbocycles. The first-order valence-corrected chi connectivity index (χ1v) is 6.07. The van der Waals surface area contributed by atoms with Gasteiger partial charge in [0.1, 0.15) is 0 Å². The first-order chi connectivity index (χ1) is 9.16. The van der Waals surface area contributed by atoms with Crippen LogP contribution >= 0.6 is 12.4 Å². The van der Waals surface area contributed by atoms with Crippen molar-refractivity contribution in [3.63, 3.8) is 0 Å². The Morgan fingerprint density at radius 3 is 2.65 bits per heavy atom. The average Bonchev–Trinajstić information content (AvgIpc) is 2.92. The number of hydrogen-bond donors (Lipinski definition) is 2. The van der Waals surface area contributed by atoms with E-state index in [1.165, 1.54) is 6.39 Å². The molecule has 0 bridgehead atoms. The van der Waals surface area contributed by atoms with Gasteiger partial charge in [0.25, 0.3) is 5.91 Å². The van der Waals surface area contributed by atoms with E-state index in [0.717, 1.165) is 12.0 Å². The maximum absolute atomic E-state index is 11.8. The Bertz CT molecular complexity index is 526. The third-order valence-electron chi connectivity index (χ3n) is 2.65. The van der Waals surface area contributed by atoms with Crippen molar-refractivity contribution < 1.29 is 9.32 Å². The number of halogens is 1. The minimum Gasteiger partial charge on any atom is -0.352 e. The van der Waals surface area contributed by atoms with Crippen molar-refractivity contribution in [2.45, 2.75) is 19.4 Å². The van der Waals surface area contributed by atoms with Crippen LogP contribution in [0.25, 0.3) is 11.4 Å². The summed E-state index contributed by atoms with van der Waals surface area (Å²) in [7, 11) is 0. The lowest BCUT2D eigenvalue weighted by atomic mass is 10.1. The molecule has 0 radical (unpaired) electrons. The van der Waals surface area contributed by atoms with Crippen LogP contribution < -0.4 is 11.1 Å². The van der Waals surface area contributed by atoms with Crippen LogP contribution in [0.15, 0.2) is 35.2 Å². The average molecular weight is 297 g/mol. The number of benzene rings is 1. The van der Waals surface area contributed by atoms with E-state index < -0.39 is 0 Å². The fourth-order valence-corrected chi connectivity index (χ4v) is 1.58. The molecule has 20 heavy (non-hydrogen) atoms. The second-order valence-electron chi connectivity index (χ2n) is 4.35. The fourth-order valence-electron chi connectivity index (χ4n) is 1.58. The van der Waals surface area contributed by atoms with E-state index in [4.69, 9.17) is 5.73 Å². The highest BCUT2D eigenvalue weighted by Gasteiger charge is 2.07. The summed E-state index contributed by atoms with van der Waals surface area (Å²) in [4.78, 5) is 15.8. The van der Waals surface area contributed by atoms with Gasteiger partial charge in [-0.3, -0.25) is 4.79 Å². The number of hydrogen-bond acceptors (Lipinski definition) is 5. The van der Waals surface area contributed by atoms with E-state index in [2.05, 4.69) is 20.0 Å². The van der Waals surface area contributed by atoms with Crippen LogP contribution in [-0.2, 0) is 0 Å². The van der Waals surface area contributed by atoms with Crippen molar-refractivity contribution >= 4 is 18.3 Å². The van der Waals surface area contributed by atoms with Crippen LogP contribution in [0, 0.1) is 0 Å². The number of aromatic nitrogens is 2. The molecule has 1 aromatic carbocycles. The Kier molecular flexibility index (Phi) is 6.14. The van der Waals surface area contributed by atoms with Gasteiger partial charge in [0.05, 0.1) is 0 Å². The third kappa shape index (κ3) is 4.32. The molecule has 2 aromatic rings. The summed E-state index contributed by atoms with van der Waals surface area (Å²) in [6, 6.07) is 7.11. The molecule has 7 heteroatoms. The summed E-state index contributed by atoms with van der Waals surface area (Å²) in [5, 5.41) is 6.55. The molecule has 1 heterocycles. The summed E-state index contributed by atoms with van der Waals surface area (Å²) >= 11 is 0. The first-order valence-electron chi connectivity index (χ1n) is 6.07. The summed E-state index contributed by atoms with van der Waals surface area (Å²) in [6.07, 6.45) is 2.02. The van der Waals surface area contributed by atoms with Gasteiger partial charge in [0.15, 0.2) is 0 Å². The molecule has 0 aliphatic carbocycles. The Morgan fingerprint density at radius 1 is 1.40 bits per heavy atom. The van der Waals surface area contributed by atoms with E-state index in [-0.39, 0.29) is 24.4 Å². The highest BCUT2D eigenvalue weighted by molar-refractivity contribution is 5.94. The van der Waals surface area contributed by atoms with Crippen molar-refractivity contribution in [1.29, 1.82) is 0 Å². The maximum atomic E-state index is 11.8. The van der Waals surface area contributed by atoms with Gasteiger partial charge in [-0.2, -0.15) is 4.98 Å². The van der Waals surface area contributed by atoms with E-state index in [1.807, 2.05) is 6.92 Å². The quantitative estimate of drug-likeness (QED) is 0.874. The van der Waals surface area contributed by atoms with Crippen molar-refractivity contribution in [2.24, 2.45) is 5.73 Å². The topological polar surface area (TPSA) is 94.0 Å². The zero-order chi connectivity index (χ0) is 13.7. The predicted octanol–water partition coefficient (Wildman–Crippen LogP) is 1.63. The zero-order valence-electron chi connectivity index (χ0n) is 11.1. The van der Waals surface area contributed by atoms with Crippen LogP contribution in [0.5, 0.6) is 0 Å². The molecule has 2 rings (SSSR count). The number of carbonyl (C=O) groups is 1. The molecule has 3 N–H and O–H groups in total. The molecule has 0 aliphatic rings. The Balaban J connectivity index is 0.00000200. The number of rotatable bonds is 5. The SMILES string of the molecule is CC(N)CCNC(=O)c1ccc(-c2ncon2)cc1.Cl. The molecule has 1 unspecified atom stereocenters. The van der Waals surface area contributed by atoms with Crippen molar-refractivity contribution in [3.05, 3.63) is 36.2 Å². The Hall–Kier alpha value is -1.92. The lowest BCUT2D eigenvalue weighted by molar-refractivity contribution is 0.0953. The van der Waals surface area contributed by atoms with Gasteiger partial charge in [0.2, 0.25) is 12.2 Å². The van der Waals surface area contributed by atoms with Gasteiger partial charge in [-0.1, -0.05) is 17.3 Å². The number of nitrogens with zero attached hydrogens (tertiary/aromatic N) is 2. The van der Waals surface area contributed by atoms with Crippen LogP contribution in [-0.4, -0.2) is 28.6 Å². The van der Waals surface area contributed by atoms with Gasteiger partial charge >= 0.3 is 0 Å². The number of amides is 1. The van der Waals surface area contributed by atoms with Gasteiger partial charge < -0.3 is 15.6 Å². The smallest absolute Gasteiger partial charge is 0.251 e. The van der Waals surface area contributed by atoms with Crippen LogP contribution in [0.4, 0.5) is 0 Å². The molecule has 1 atom stereocenters. The second kappa shape index (κ2) is 7.62. The monoisotopic (exact) mass is 296 g/mol. The molecule has 6 nitrogen and oxygen atoms in total. The molecule has 0 spiro atoms. The van der Waals surface area contributed by atoms with Crippen molar-refractivity contribution in [2.75, 3.05) is 6.54 Å². The molecule has 1 amide bonds. The number of carbonyl (C=O) groups excluding carboxylic acids is 1. The number of nitrogens with one attached hydrogen (secondary N) is 1. The van der Waals surface area contributed by atoms with Crippen LogP contribution in [0.1, 0.15) is 23.7 Å². The summed E-state index contributed by atoms with van der Waals surface area (Å²) in [5.74, 6) is 0.393. The molecule has 0 saturated heterocycles. The van der Waals surface area contributed by atoms with E-state index in [0.29, 0.717) is 17.9 Å². The molecular weight excluding hydrogens is 280 g/mol. The minimum absolute atomic E-state index is 0. The molecule has 1 aromatic heterocycles. The normalized spacial score (nSPS) is 11.5. The highest BCUT2D eigenvalue weighted by atomic mass is 35.5. The van der Waals surface area contributed by atoms with E-state index >= 15 is 0 Å². The molecular formula is C13H17ClN4O2. The molecule has 0 aliphatic heterocycles. The van der Waals surface area contributed by atoms with Gasteiger partial charge in [-0.25, -0.2) is 0 Å². The van der Waals surface area contributed by atoms with E-state index in [1.54, 1.807) is 24.3 Å². The third-order valence-corrected chi connectivity index (χ3v) is 2.65. The standard InChI is InChI=1S/C13H16N4O2.ClH/c1-9(14)6-7-15-13(18)11-4-2-10(3-5-11)12-16-8-19-17-12;/h2-5,8-9H,6-7,14H2,1H3,(H,15,18);1H. The lowest BCUT2D eigenvalue weighted by Crippen LogP contribution is -2.28. The Labute approximate surface area is 123 Å². The van der Waals surface area contributed by atoms with Gasteiger partial charge in [-0.15, -0.1) is 12.4 Å². The zero-order valence-corrected chi connectivity index (χ0v) is 11.9. The van der Waals surface area contributed by atoms with Gasteiger partial charge in [0, 0.05) is 23.7 Å². The summed E-state index contributed by atoms with van der Waals surface area (Å²) in [5.41, 5.74) is 7.02. The van der Waals surface area contributed by atoms with Crippen LogP contribution in [0.2, 0.25) is 0 Å². The second-order valence-corrected chi connectivity index (χ2v) is 4.35. The highest BCUT2D eigenvalue weighted by Crippen LogP contribution is 2.14. The van der Waals surface area contributed by atoms with Crippen molar-refractivity contribution in [1.82, 2.24) is 15.5 Å². The predicted molar refractivity (Wildman–Crippen MR) is 77.6 cm³/mol. The fraction of sp³-hybridized carbons (Fsp3) is 0.308. The van der Waals surface area contributed by atoms with E-state index in [9.17, 15) is 4.79 Å². The van der Waals surface area contributed by atoms with Crippen molar-refractivity contribution in [3.8, 4) is 11.4 Å². The largest absolute Gasteiger partial charge is 0.352 e. The Morgan fingerprint density at radius 2 is 2.10 bits per heavy atom. The lowest BCUT2D eigenvalue weighted by Gasteiger charge is -2.07. The summed E-state index contributed by atoms with van der Waals surface area (Å²) in [6.45, 7) is 2.48. The molecule has 0 fully saturated rings.